The van der Waals surface area contributed by atoms with Crippen LogP contribution in [0.2, 0.25) is 0 Å². The van der Waals surface area contributed by atoms with Gasteiger partial charge in [0, 0.05) is 18.7 Å². The number of carbonyl (C=O) groups excluding carboxylic acids is 1. The molecule has 2 aromatic carbocycles. The Bertz CT molecular complexity index is 969. The molecule has 0 saturated heterocycles. The lowest BCUT2D eigenvalue weighted by Crippen LogP contribution is -2.30. The molecule has 3 rings (SSSR count). The number of likely N-dealkylation sites (N-methyl/N-ethyl adjacent to an activating group) is 1. The lowest BCUT2D eigenvalue weighted by molar-refractivity contribution is -0.394. The number of hydrogen-bond donors (Lipinski definition) is 0. The molecule has 0 fully saturated rings. The van der Waals surface area contributed by atoms with Gasteiger partial charge >= 0.3 is 5.95 Å². The highest BCUT2D eigenvalue weighted by molar-refractivity contribution is 5.84. The maximum absolute atomic E-state index is 12.3. The van der Waals surface area contributed by atoms with E-state index in [4.69, 9.17) is 4.74 Å². The van der Waals surface area contributed by atoms with E-state index in [2.05, 4.69) is 10.1 Å². The predicted octanol–water partition coefficient (Wildman–Crippen LogP) is 2.01. The second-order valence-electron chi connectivity index (χ2n) is 5.80. The highest BCUT2D eigenvalue weighted by Gasteiger charge is 2.17. The molecule has 1 amide bonds. The summed E-state index contributed by atoms with van der Waals surface area (Å²) >= 11 is 0. The lowest BCUT2D eigenvalue weighted by Gasteiger charge is -2.17. The first-order chi connectivity index (χ1) is 12.5. The Labute approximate surface area is 149 Å². The minimum Gasteiger partial charge on any atom is -0.497 e. The van der Waals surface area contributed by atoms with Crippen LogP contribution in [0, 0.1) is 10.1 Å². The van der Waals surface area contributed by atoms with Gasteiger partial charge in [0.15, 0.2) is 0 Å². The second kappa shape index (κ2) is 7.18. The minimum absolute atomic E-state index is 0.109. The normalized spacial score (nSPS) is 10.7. The first kappa shape index (κ1) is 17.3. The summed E-state index contributed by atoms with van der Waals surface area (Å²) in [6.45, 7) is 0.305. The van der Waals surface area contributed by atoms with Crippen molar-refractivity contribution in [2.75, 3.05) is 14.2 Å². The predicted molar refractivity (Wildman–Crippen MR) is 93.7 cm³/mol. The summed E-state index contributed by atoms with van der Waals surface area (Å²) in [5.41, 5.74) is 0.975. The third-order valence-corrected chi connectivity index (χ3v) is 3.94. The van der Waals surface area contributed by atoms with Crippen molar-refractivity contribution < 1.29 is 14.5 Å². The molecule has 0 spiro atoms. The third-order valence-electron chi connectivity index (χ3n) is 3.94. The van der Waals surface area contributed by atoms with Crippen LogP contribution < -0.4 is 4.74 Å². The van der Waals surface area contributed by atoms with Gasteiger partial charge in [-0.3, -0.25) is 4.79 Å². The zero-order valence-electron chi connectivity index (χ0n) is 14.3. The Morgan fingerprint density at radius 2 is 2.00 bits per heavy atom. The quantitative estimate of drug-likeness (QED) is 0.495. The number of carbonyl (C=O) groups is 1. The fraction of sp³-hybridized carbons (Fsp3) is 0.235. The molecule has 0 atom stereocenters. The van der Waals surface area contributed by atoms with Crippen molar-refractivity contribution in [3.05, 3.63) is 58.4 Å². The average Bonchev–Trinajstić information content (AvgIpc) is 3.10. The molecule has 1 aromatic heterocycles. The van der Waals surface area contributed by atoms with Crippen LogP contribution in [0.1, 0.15) is 5.56 Å². The number of methoxy groups -OCH3 is 1. The van der Waals surface area contributed by atoms with E-state index in [0.717, 1.165) is 26.8 Å². The van der Waals surface area contributed by atoms with Crippen LogP contribution in [-0.2, 0) is 17.9 Å². The van der Waals surface area contributed by atoms with Gasteiger partial charge in [0.2, 0.25) is 12.2 Å². The van der Waals surface area contributed by atoms with Crippen LogP contribution in [-0.4, -0.2) is 44.7 Å². The fourth-order valence-electron chi connectivity index (χ4n) is 2.56. The van der Waals surface area contributed by atoms with Crippen LogP contribution in [0.25, 0.3) is 10.8 Å². The van der Waals surface area contributed by atoms with Crippen LogP contribution in [0.5, 0.6) is 5.75 Å². The number of hydrogen-bond acceptors (Lipinski definition) is 6. The number of nitrogens with zero attached hydrogens (tertiary/aromatic N) is 5. The zero-order valence-corrected chi connectivity index (χ0v) is 14.3. The van der Waals surface area contributed by atoms with E-state index in [1.807, 2.05) is 36.4 Å². The molecule has 0 unspecified atom stereocenters. The maximum atomic E-state index is 12.3. The Balaban J connectivity index is 1.68. The second-order valence-corrected chi connectivity index (χ2v) is 5.80. The van der Waals surface area contributed by atoms with Crippen molar-refractivity contribution in [2.24, 2.45) is 0 Å². The monoisotopic (exact) mass is 355 g/mol. The van der Waals surface area contributed by atoms with Crippen LogP contribution in [0.4, 0.5) is 5.95 Å². The van der Waals surface area contributed by atoms with Crippen molar-refractivity contribution in [3.63, 3.8) is 0 Å². The van der Waals surface area contributed by atoms with Gasteiger partial charge in [0.1, 0.15) is 12.3 Å². The summed E-state index contributed by atoms with van der Waals surface area (Å²) in [4.78, 5) is 27.3. The number of nitro groups is 1. The van der Waals surface area contributed by atoms with E-state index < -0.39 is 10.9 Å². The van der Waals surface area contributed by atoms with Crippen molar-refractivity contribution in [3.8, 4) is 5.75 Å². The van der Waals surface area contributed by atoms with Crippen molar-refractivity contribution >= 4 is 22.6 Å². The van der Waals surface area contributed by atoms with E-state index in [0.29, 0.717) is 6.54 Å². The van der Waals surface area contributed by atoms with Gasteiger partial charge in [-0.2, -0.15) is 4.68 Å². The largest absolute Gasteiger partial charge is 0.497 e. The van der Waals surface area contributed by atoms with Crippen LogP contribution in [0.3, 0.4) is 0 Å². The standard InChI is InChI=1S/C17H17N5O4/c1-20(16(23)10-21-11-18-17(19-21)22(24)25)9-12-3-4-14-8-15(26-2)6-5-13(14)7-12/h3-8,11H,9-10H2,1-2H3. The van der Waals surface area contributed by atoms with Crippen molar-refractivity contribution in [1.29, 1.82) is 0 Å². The molecule has 0 radical (unpaired) electrons. The number of benzene rings is 2. The Morgan fingerprint density at radius 1 is 1.27 bits per heavy atom. The summed E-state index contributed by atoms with van der Waals surface area (Å²) in [5.74, 6) is 0.0458. The molecule has 0 aliphatic rings. The topological polar surface area (TPSA) is 103 Å². The van der Waals surface area contributed by atoms with Gasteiger partial charge in [0.25, 0.3) is 0 Å². The number of rotatable bonds is 6. The zero-order chi connectivity index (χ0) is 18.7. The van der Waals surface area contributed by atoms with Crippen molar-refractivity contribution in [2.45, 2.75) is 13.1 Å². The smallest absolute Gasteiger partial charge is 0.490 e. The molecule has 3 aromatic rings. The SMILES string of the molecule is COc1ccc2cc(CN(C)C(=O)Cn3cnc([N+](=O)[O-])n3)ccc2c1. The number of fused-ring (bicyclic) bond motifs is 1. The molecule has 0 saturated carbocycles. The molecule has 0 bridgehead atoms. The highest BCUT2D eigenvalue weighted by Crippen LogP contribution is 2.22. The summed E-state index contributed by atoms with van der Waals surface area (Å²) in [5, 5.41) is 16.3. The van der Waals surface area contributed by atoms with Gasteiger partial charge in [-0.25, -0.2) is 0 Å². The maximum Gasteiger partial charge on any atom is 0.490 e. The third kappa shape index (κ3) is 3.77. The first-order valence-electron chi connectivity index (χ1n) is 7.81. The molecule has 1 heterocycles. The first-order valence-corrected chi connectivity index (χ1v) is 7.81. The van der Waals surface area contributed by atoms with E-state index in [-0.39, 0.29) is 12.5 Å². The van der Waals surface area contributed by atoms with E-state index in [1.165, 1.54) is 11.2 Å². The summed E-state index contributed by atoms with van der Waals surface area (Å²) in [6.07, 6.45) is 1.17. The van der Waals surface area contributed by atoms with E-state index in [9.17, 15) is 14.9 Å². The highest BCUT2D eigenvalue weighted by atomic mass is 16.6. The Hall–Kier alpha value is -3.49. The molecule has 9 nitrogen and oxygen atoms in total. The van der Waals surface area contributed by atoms with Gasteiger partial charge in [-0.05, 0) is 39.5 Å². The van der Waals surface area contributed by atoms with Gasteiger partial charge in [0.05, 0.1) is 7.11 Å². The molecule has 26 heavy (non-hydrogen) atoms. The number of ether oxygens (including phenoxy) is 1. The van der Waals surface area contributed by atoms with Crippen molar-refractivity contribution in [1.82, 2.24) is 19.7 Å². The molecular formula is C17H17N5O4. The van der Waals surface area contributed by atoms with Gasteiger partial charge < -0.3 is 19.8 Å². The van der Waals surface area contributed by atoms with Crippen LogP contribution >= 0.6 is 0 Å². The fourth-order valence-corrected chi connectivity index (χ4v) is 2.56. The van der Waals surface area contributed by atoms with Crippen LogP contribution in [0.15, 0.2) is 42.7 Å². The Morgan fingerprint density at radius 3 is 2.69 bits per heavy atom. The Kier molecular flexibility index (Phi) is 4.78. The number of aromatic nitrogens is 3. The van der Waals surface area contributed by atoms with E-state index in [1.54, 1.807) is 14.2 Å². The average molecular weight is 355 g/mol. The molecular weight excluding hydrogens is 338 g/mol. The molecule has 0 N–H and O–H groups in total. The summed E-state index contributed by atoms with van der Waals surface area (Å²) < 4.78 is 6.37. The minimum atomic E-state index is -0.700. The van der Waals surface area contributed by atoms with Gasteiger partial charge in [-0.1, -0.05) is 23.2 Å². The molecule has 0 aliphatic heterocycles. The van der Waals surface area contributed by atoms with E-state index >= 15 is 0 Å². The number of amides is 1. The lowest BCUT2D eigenvalue weighted by atomic mass is 10.1. The molecule has 9 heteroatoms. The summed E-state index contributed by atoms with van der Waals surface area (Å²) in [6, 6.07) is 11.7. The van der Waals surface area contributed by atoms with Gasteiger partial charge in [-0.15, -0.1) is 0 Å². The summed E-state index contributed by atoms with van der Waals surface area (Å²) in [7, 11) is 3.30. The molecule has 0 aliphatic carbocycles. The molecule has 134 valence electrons.